The number of methoxy groups -OCH3 is 1. The first-order valence-corrected chi connectivity index (χ1v) is 9.40. The van der Waals surface area contributed by atoms with Gasteiger partial charge in [0.2, 0.25) is 0 Å². The van der Waals surface area contributed by atoms with Gasteiger partial charge in [0.05, 0.1) is 7.11 Å². The molecule has 3 rings (SSSR count). The number of para-hydroxylation sites is 1. The van der Waals surface area contributed by atoms with Crippen LogP contribution < -0.4 is 4.74 Å². The van der Waals surface area contributed by atoms with Gasteiger partial charge in [0.25, 0.3) is 0 Å². The highest BCUT2D eigenvalue weighted by molar-refractivity contribution is 7.99. The molecular weight excluding hydrogens is 326 g/mol. The zero-order valence-electron chi connectivity index (χ0n) is 14.9. The van der Waals surface area contributed by atoms with Gasteiger partial charge in [0, 0.05) is 34.5 Å². The van der Waals surface area contributed by atoms with Crippen molar-refractivity contribution in [1.29, 1.82) is 0 Å². The predicted molar refractivity (Wildman–Crippen MR) is 106 cm³/mol. The van der Waals surface area contributed by atoms with E-state index < -0.39 is 0 Å². The molecule has 3 aromatic rings. The molecule has 2 aromatic carbocycles. The molecule has 0 radical (unpaired) electrons. The average Bonchev–Trinajstić information content (AvgIpc) is 2.62. The van der Waals surface area contributed by atoms with Crippen LogP contribution >= 0.6 is 11.8 Å². The molecule has 0 aliphatic rings. The number of pyridine rings is 1. The quantitative estimate of drug-likeness (QED) is 0.538. The maximum absolute atomic E-state index is 5.61. The minimum atomic E-state index is 0.255. The molecule has 1 heterocycles. The fourth-order valence-electron chi connectivity index (χ4n) is 3.11. The molecule has 0 aliphatic carbocycles. The van der Waals surface area contributed by atoms with E-state index in [1.165, 1.54) is 27.1 Å². The Bertz CT molecular complexity index is 812. The van der Waals surface area contributed by atoms with Gasteiger partial charge in [-0.2, -0.15) is 0 Å². The number of rotatable bonds is 6. The average molecular weight is 349 g/mol. The van der Waals surface area contributed by atoms with Gasteiger partial charge in [-0.15, -0.1) is 11.8 Å². The molecule has 1 atom stereocenters. The Labute approximate surface area is 154 Å². The van der Waals surface area contributed by atoms with Crippen molar-refractivity contribution in [2.75, 3.05) is 12.9 Å². The van der Waals surface area contributed by atoms with Crippen LogP contribution in [0.25, 0.3) is 0 Å². The van der Waals surface area contributed by atoms with Crippen molar-refractivity contribution in [2.45, 2.75) is 24.7 Å². The van der Waals surface area contributed by atoms with Crippen molar-refractivity contribution in [3.63, 3.8) is 0 Å². The van der Waals surface area contributed by atoms with Crippen molar-refractivity contribution in [3.8, 4) is 5.75 Å². The van der Waals surface area contributed by atoms with Crippen molar-refractivity contribution in [2.24, 2.45) is 0 Å². The zero-order chi connectivity index (χ0) is 17.6. The number of thioether (sulfide) groups is 1. The fraction of sp³-hybridized carbons (Fsp3) is 0.227. The molecule has 0 amide bonds. The van der Waals surface area contributed by atoms with Gasteiger partial charge >= 0.3 is 0 Å². The number of hydrogen-bond acceptors (Lipinski definition) is 3. The fourth-order valence-corrected chi connectivity index (χ4v) is 4.38. The molecule has 0 spiro atoms. The molecule has 25 heavy (non-hydrogen) atoms. The number of benzene rings is 2. The van der Waals surface area contributed by atoms with Crippen molar-refractivity contribution < 1.29 is 4.74 Å². The lowest BCUT2D eigenvalue weighted by Gasteiger charge is -2.20. The maximum Gasteiger partial charge on any atom is 0.122 e. The molecule has 0 bridgehead atoms. The van der Waals surface area contributed by atoms with Crippen molar-refractivity contribution >= 4 is 11.8 Å². The third kappa shape index (κ3) is 4.43. The van der Waals surface area contributed by atoms with E-state index in [2.05, 4.69) is 61.3 Å². The summed E-state index contributed by atoms with van der Waals surface area (Å²) in [4.78, 5) is 5.48. The number of hydrogen-bond donors (Lipinski definition) is 0. The summed E-state index contributed by atoms with van der Waals surface area (Å²) in [5.74, 6) is 2.14. The molecule has 0 saturated heterocycles. The number of nitrogens with zero attached hydrogens (tertiary/aromatic N) is 1. The highest BCUT2D eigenvalue weighted by Gasteiger charge is 2.18. The summed E-state index contributed by atoms with van der Waals surface area (Å²) in [5, 5.41) is 0. The normalized spacial score (nSPS) is 12.0. The Hall–Kier alpha value is -2.26. The summed E-state index contributed by atoms with van der Waals surface area (Å²) >= 11 is 1.89. The summed E-state index contributed by atoms with van der Waals surface area (Å²) in [6, 6.07) is 19.2. The molecule has 0 saturated carbocycles. The second-order valence-electron chi connectivity index (χ2n) is 6.21. The second-order valence-corrected chi connectivity index (χ2v) is 7.30. The van der Waals surface area contributed by atoms with E-state index in [1.54, 1.807) is 7.11 Å². The van der Waals surface area contributed by atoms with E-state index in [4.69, 9.17) is 4.74 Å². The predicted octanol–water partition coefficient (Wildman–Crippen LogP) is 5.63. The number of aromatic nitrogens is 1. The van der Waals surface area contributed by atoms with Crippen LogP contribution in [0.1, 0.15) is 28.2 Å². The van der Waals surface area contributed by atoms with Crippen molar-refractivity contribution in [3.05, 3.63) is 89.2 Å². The second kappa shape index (κ2) is 8.21. The lowest BCUT2D eigenvalue weighted by Crippen LogP contribution is -2.06. The topological polar surface area (TPSA) is 22.1 Å². The van der Waals surface area contributed by atoms with Crippen LogP contribution in [-0.4, -0.2) is 17.8 Å². The van der Waals surface area contributed by atoms with Gasteiger partial charge in [-0.1, -0.05) is 24.3 Å². The Morgan fingerprint density at radius 1 is 0.960 bits per heavy atom. The van der Waals surface area contributed by atoms with E-state index in [9.17, 15) is 0 Å². The SMILES string of the molecule is COc1ccccc1C(CSc1cc(C)cc(C)c1)c1ccncc1. The number of ether oxygens (including phenoxy) is 1. The van der Waals surface area contributed by atoms with E-state index in [0.29, 0.717) is 0 Å². The van der Waals surface area contributed by atoms with Crippen LogP contribution in [0, 0.1) is 13.8 Å². The van der Waals surface area contributed by atoms with E-state index in [1.807, 2.05) is 36.3 Å². The van der Waals surface area contributed by atoms with Crippen LogP contribution in [-0.2, 0) is 0 Å². The summed E-state index contributed by atoms with van der Waals surface area (Å²) in [5.41, 5.74) is 5.09. The van der Waals surface area contributed by atoms with Crippen LogP contribution in [0.15, 0.2) is 71.9 Å². The highest BCUT2D eigenvalue weighted by Crippen LogP contribution is 2.36. The Morgan fingerprint density at radius 2 is 1.64 bits per heavy atom. The highest BCUT2D eigenvalue weighted by atomic mass is 32.2. The van der Waals surface area contributed by atoms with Crippen LogP contribution in [0.3, 0.4) is 0 Å². The molecule has 1 unspecified atom stereocenters. The van der Waals surface area contributed by atoms with Gasteiger partial charge in [0.1, 0.15) is 5.75 Å². The summed E-state index contributed by atoms with van der Waals surface area (Å²) in [7, 11) is 1.74. The third-order valence-corrected chi connectivity index (χ3v) is 5.30. The lowest BCUT2D eigenvalue weighted by molar-refractivity contribution is 0.408. The molecule has 2 nitrogen and oxygen atoms in total. The molecule has 0 N–H and O–H groups in total. The van der Waals surface area contributed by atoms with E-state index >= 15 is 0 Å². The molecule has 3 heteroatoms. The Kier molecular flexibility index (Phi) is 5.77. The van der Waals surface area contributed by atoms with Gasteiger partial charge in [0.15, 0.2) is 0 Å². The number of aryl methyl sites for hydroxylation is 2. The van der Waals surface area contributed by atoms with Gasteiger partial charge in [-0.25, -0.2) is 0 Å². The molecule has 0 aliphatic heterocycles. The van der Waals surface area contributed by atoms with Crippen LogP contribution in [0.4, 0.5) is 0 Å². The minimum Gasteiger partial charge on any atom is -0.496 e. The first kappa shape index (κ1) is 17.6. The maximum atomic E-state index is 5.61. The Balaban J connectivity index is 1.92. The first-order chi connectivity index (χ1) is 12.2. The lowest BCUT2D eigenvalue weighted by atomic mass is 9.93. The molecule has 0 fully saturated rings. The standard InChI is InChI=1S/C22H23NOS/c1-16-12-17(2)14-19(13-16)25-15-21(18-8-10-23-11-9-18)20-6-4-5-7-22(20)24-3/h4-14,21H,15H2,1-3H3. The van der Waals surface area contributed by atoms with Gasteiger partial charge < -0.3 is 4.74 Å². The monoisotopic (exact) mass is 349 g/mol. The van der Waals surface area contributed by atoms with Crippen LogP contribution in [0.2, 0.25) is 0 Å². The van der Waals surface area contributed by atoms with Gasteiger partial charge in [-0.3, -0.25) is 4.98 Å². The molecule has 1 aromatic heterocycles. The van der Waals surface area contributed by atoms with E-state index in [0.717, 1.165) is 11.5 Å². The minimum absolute atomic E-state index is 0.255. The first-order valence-electron chi connectivity index (χ1n) is 8.41. The third-order valence-electron chi connectivity index (χ3n) is 4.23. The van der Waals surface area contributed by atoms with Crippen LogP contribution in [0.5, 0.6) is 5.75 Å². The summed E-state index contributed by atoms with van der Waals surface area (Å²) in [6.45, 7) is 4.30. The molecular formula is C22H23NOS. The smallest absolute Gasteiger partial charge is 0.122 e. The molecule has 128 valence electrons. The van der Waals surface area contributed by atoms with Crippen molar-refractivity contribution in [1.82, 2.24) is 4.98 Å². The summed E-state index contributed by atoms with van der Waals surface area (Å²) < 4.78 is 5.61. The largest absolute Gasteiger partial charge is 0.496 e. The van der Waals surface area contributed by atoms with E-state index in [-0.39, 0.29) is 5.92 Å². The zero-order valence-corrected chi connectivity index (χ0v) is 15.7. The summed E-state index contributed by atoms with van der Waals surface area (Å²) in [6.07, 6.45) is 3.72. The van der Waals surface area contributed by atoms with Gasteiger partial charge in [-0.05, 0) is 60.9 Å². The Morgan fingerprint density at radius 3 is 2.32 bits per heavy atom.